The summed E-state index contributed by atoms with van der Waals surface area (Å²) in [5.74, 6) is -2.67. The van der Waals surface area contributed by atoms with Crippen LogP contribution in [0, 0.1) is 6.57 Å². The molecule has 2 aromatic heterocycles. The lowest BCUT2D eigenvalue weighted by Crippen LogP contribution is -2.51. The van der Waals surface area contributed by atoms with E-state index in [9.17, 15) is 22.8 Å². The van der Waals surface area contributed by atoms with Crippen molar-refractivity contribution < 1.29 is 43.0 Å². The fourth-order valence-electron chi connectivity index (χ4n) is 4.79. The number of amides is 2. The predicted molar refractivity (Wildman–Crippen MR) is 167 cm³/mol. The molecule has 0 bridgehead atoms. The zero-order valence-corrected chi connectivity index (χ0v) is 27.2. The number of hydrogen-bond donors (Lipinski definition) is 3. The first-order valence-corrected chi connectivity index (χ1v) is 15.5. The van der Waals surface area contributed by atoms with Crippen LogP contribution in [0.15, 0.2) is 43.0 Å². The van der Waals surface area contributed by atoms with Gasteiger partial charge in [0, 0.05) is 26.1 Å². The van der Waals surface area contributed by atoms with Crippen LogP contribution >= 0.6 is 8.53 Å². The van der Waals surface area contributed by atoms with E-state index >= 15 is 0 Å². The maximum Gasteiger partial charge on any atom is 0.471 e. The summed E-state index contributed by atoms with van der Waals surface area (Å²) in [5, 5.41) is 8.16. The number of rotatable bonds is 12. The maximum absolute atomic E-state index is 13.6. The number of carbonyl (C=O) groups is 2. The van der Waals surface area contributed by atoms with Gasteiger partial charge in [-0.1, -0.05) is 18.2 Å². The predicted octanol–water partition coefficient (Wildman–Crippen LogP) is 4.32. The van der Waals surface area contributed by atoms with E-state index in [1.165, 1.54) is 18.0 Å². The van der Waals surface area contributed by atoms with Gasteiger partial charge in [-0.2, -0.15) is 13.2 Å². The number of hydrogen-bond acceptors (Lipinski definition) is 10. The number of aromatic nitrogens is 4. The minimum atomic E-state index is -5.24. The third kappa shape index (κ3) is 9.19. The number of anilines is 1. The monoisotopic (exact) mass is 685 g/mol. The van der Waals surface area contributed by atoms with Crippen molar-refractivity contribution in [1.82, 2.24) is 29.5 Å². The normalized spacial score (nSPS) is 20.7. The zero-order valence-electron chi connectivity index (χ0n) is 28.3. The van der Waals surface area contributed by atoms with Crippen molar-refractivity contribution in [3.05, 3.63) is 60.0 Å². The fraction of sp³-hybridized carbons (Fsp3) is 0.517. The summed E-state index contributed by atoms with van der Waals surface area (Å²) in [4.78, 5) is 41.1. The van der Waals surface area contributed by atoms with Crippen molar-refractivity contribution in [2.75, 3.05) is 25.6 Å². The molecule has 1 aliphatic heterocycles. The van der Waals surface area contributed by atoms with Crippen molar-refractivity contribution in [2.24, 2.45) is 0 Å². The van der Waals surface area contributed by atoms with Gasteiger partial charge in [-0.05, 0) is 46.7 Å². The molecule has 3 unspecified atom stereocenters. The fourth-order valence-corrected chi connectivity index (χ4v) is 6.56. The van der Waals surface area contributed by atoms with Gasteiger partial charge in [-0.15, -0.1) is 0 Å². The first-order chi connectivity index (χ1) is 23.3. The largest absolute Gasteiger partial charge is 0.471 e. The number of halogens is 3. The molecule has 256 valence electrons. The molecule has 5 atom stereocenters. The molecule has 0 saturated carbocycles. The molecule has 14 nitrogen and oxygen atoms in total. The molecule has 0 spiro atoms. The second-order valence-electron chi connectivity index (χ2n) is 10.5. The van der Waals surface area contributed by atoms with Gasteiger partial charge in [0.05, 0.1) is 12.4 Å². The van der Waals surface area contributed by atoms with E-state index in [0.29, 0.717) is 5.56 Å². The summed E-state index contributed by atoms with van der Waals surface area (Å²) in [6, 6.07) is 6.59. The average Bonchev–Trinajstić information content (AvgIpc) is 3.62. The molecule has 18 heteroatoms. The molecule has 0 radical (unpaired) electrons. The number of alkyl halides is 3. The van der Waals surface area contributed by atoms with Gasteiger partial charge in [0.2, 0.25) is 7.98 Å². The molecule has 3 aromatic rings. The highest BCUT2D eigenvalue weighted by molar-refractivity contribution is 7.44. The van der Waals surface area contributed by atoms with Crippen molar-refractivity contribution >= 4 is 37.3 Å². The number of fused-ring (bicyclic) bond motifs is 1. The smallest absolute Gasteiger partial charge is 0.400 e. The molecule has 2 amide bonds. The first-order valence-electron chi connectivity index (χ1n) is 15.5. The number of carbonyl (C=O) groups excluding carboxylic acids is 2. The lowest BCUT2D eigenvalue weighted by Gasteiger charge is -2.38. The van der Waals surface area contributed by atoms with E-state index in [1.807, 2.05) is 37.7 Å². The molecule has 1 aromatic carbocycles. The van der Waals surface area contributed by atoms with Crippen molar-refractivity contribution in [3.63, 3.8) is 0 Å². The van der Waals surface area contributed by atoms with Gasteiger partial charge >= 0.3 is 12.1 Å². The molecule has 1 saturated heterocycles. The highest BCUT2D eigenvalue weighted by Crippen LogP contribution is 2.50. The van der Waals surface area contributed by atoms with E-state index in [1.54, 1.807) is 30.3 Å². The first kappa shape index (κ1) is 34.6. The van der Waals surface area contributed by atoms with Crippen LogP contribution in [0.1, 0.15) is 52.6 Å². The molecule has 3 heterocycles. The number of imidazole rings is 1. The number of aliphatic hydroxyl groups is 1. The second kappa shape index (κ2) is 16.9. The van der Waals surface area contributed by atoms with Crippen LogP contribution in [0.5, 0.6) is 0 Å². The summed E-state index contributed by atoms with van der Waals surface area (Å²) >= 11 is 0. The molecular weight excluding hydrogens is 644 g/mol. The van der Waals surface area contributed by atoms with Crippen LogP contribution in [0.3, 0.4) is 0 Å². The van der Waals surface area contributed by atoms with Gasteiger partial charge in [0.15, 0.2) is 23.2 Å². The molecule has 1 fully saturated rings. The third-order valence-corrected chi connectivity index (χ3v) is 8.79. The second-order valence-corrected chi connectivity index (χ2v) is 11.9. The van der Waals surface area contributed by atoms with Crippen molar-refractivity contribution in [2.45, 2.75) is 77.3 Å². The zero-order chi connectivity index (χ0) is 36.3. The third-order valence-electron chi connectivity index (χ3n) is 6.66. The van der Waals surface area contributed by atoms with E-state index in [4.69, 9.17) is 23.2 Å². The van der Waals surface area contributed by atoms with Gasteiger partial charge in [0.1, 0.15) is 25.1 Å². The number of benzene rings is 1. The summed E-state index contributed by atoms with van der Waals surface area (Å²) in [6.45, 7) is 14.2. The van der Waals surface area contributed by atoms with Crippen LogP contribution in [-0.4, -0.2) is 99.3 Å². The Kier molecular flexibility index (Phi) is 12.4. The van der Waals surface area contributed by atoms with Crippen molar-refractivity contribution in [1.29, 1.82) is 1.43 Å². The number of aliphatic hydroxyl groups excluding tert-OH is 1. The van der Waals surface area contributed by atoms with E-state index in [2.05, 4.69) is 30.2 Å². The Labute approximate surface area is 274 Å². The quantitative estimate of drug-likeness (QED) is 0.143. The topological polar surface area (TPSA) is 157 Å². The Balaban J connectivity index is 0.00000209. The molecule has 4 rings (SSSR count). The van der Waals surface area contributed by atoms with Crippen LogP contribution in [-0.2, 0) is 18.6 Å². The summed E-state index contributed by atoms with van der Waals surface area (Å²) in [5.41, 5.74) is 0.548. The van der Waals surface area contributed by atoms with Crippen molar-refractivity contribution in [3.8, 4) is 0 Å². The molecule has 3 N–H and O–H groups in total. The lowest BCUT2D eigenvalue weighted by atomic mass is 10.1. The summed E-state index contributed by atoms with van der Waals surface area (Å²) in [6.07, 6.45) is -6.62. The van der Waals surface area contributed by atoms with Crippen LogP contribution in [0.25, 0.3) is 16.0 Å². The number of ether oxygens (including phenoxy) is 1. The minimum Gasteiger partial charge on any atom is -0.400 e. The number of nitrogens with zero attached hydrogens (tertiary/aromatic N) is 6. The SMILES string of the molecule is [2H]C[C@H]1O[C@@H](n2cnc3c(NC(=O)c4ccccc4)ncnc32)C(NC(=O)C(F)(F)F)C1OP(OCC[N+]#[C-])N(C(C)C)C(C)C.[3H]OC. The van der Waals surface area contributed by atoms with Gasteiger partial charge in [-0.3, -0.25) is 14.2 Å². The van der Waals surface area contributed by atoms with Crippen LogP contribution < -0.4 is 10.6 Å². The van der Waals surface area contributed by atoms with Gasteiger partial charge in [-0.25, -0.2) is 26.2 Å². The van der Waals surface area contributed by atoms with E-state index < -0.39 is 57.9 Å². The minimum absolute atomic E-state index is 0.00613. The standard InChI is InChI=1S/C28H34F3N8O5P.CH4O/c1-16(2)39(17(3)4)45(42-13-12-32-6)44-22-18(5)43-26(20(22)36-27(41)28(29,30)31)38-15-35-21-23(33-14-34-24(21)38)37-25(40)19-10-8-7-9-11-19;1-2/h7-11,14-18,20,22,26H,12-13H2,1-5H3,(H,36,41)(H,33,34,37,40);2H,1H3/t18-,20?,22?,26-,45?;/m1./s1/i5D;2T. The average molecular weight is 686 g/mol. The molecule has 0 aliphatic carbocycles. The van der Waals surface area contributed by atoms with E-state index in [-0.39, 0.29) is 42.2 Å². The van der Waals surface area contributed by atoms with Gasteiger partial charge in [0.25, 0.3) is 14.4 Å². The van der Waals surface area contributed by atoms with Crippen LogP contribution in [0.4, 0.5) is 19.0 Å². The van der Waals surface area contributed by atoms with E-state index in [0.717, 1.165) is 6.33 Å². The number of nitrogens with one attached hydrogen (secondary N) is 2. The maximum atomic E-state index is 13.6. The summed E-state index contributed by atoms with van der Waals surface area (Å²) in [7, 11) is -0.698. The van der Waals surface area contributed by atoms with Gasteiger partial charge < -0.3 is 34.4 Å². The van der Waals surface area contributed by atoms with Crippen LogP contribution in [0.2, 0.25) is 0 Å². The Morgan fingerprint density at radius 3 is 2.53 bits per heavy atom. The highest BCUT2D eigenvalue weighted by Gasteiger charge is 2.51. The molecule has 47 heavy (non-hydrogen) atoms. The Hall–Kier alpha value is -3.78. The molecule has 1 aliphatic rings. The Bertz CT molecular complexity index is 1560. The molecular formula is C29H38F3N8O6P. The Morgan fingerprint density at radius 2 is 1.94 bits per heavy atom. The summed E-state index contributed by atoms with van der Waals surface area (Å²) < 4.78 is 76.2. The lowest BCUT2D eigenvalue weighted by molar-refractivity contribution is -0.175. The Morgan fingerprint density at radius 1 is 1.26 bits per heavy atom. The highest BCUT2D eigenvalue weighted by atomic mass is 31.2.